The Bertz CT molecular complexity index is 1750. The summed E-state index contributed by atoms with van der Waals surface area (Å²) >= 11 is 0. The average Bonchev–Trinajstić information content (AvgIpc) is 3.38. The van der Waals surface area contributed by atoms with E-state index < -0.39 is 16.8 Å². The summed E-state index contributed by atoms with van der Waals surface area (Å²) < 4.78 is 1.49. The van der Waals surface area contributed by atoms with Gasteiger partial charge in [-0.25, -0.2) is 9.69 Å². The highest BCUT2D eigenvalue weighted by Crippen LogP contribution is 2.39. The van der Waals surface area contributed by atoms with Crippen molar-refractivity contribution >= 4 is 23.0 Å². The van der Waals surface area contributed by atoms with Crippen LogP contribution in [0.5, 0.6) is 0 Å². The van der Waals surface area contributed by atoms with Crippen LogP contribution < -0.4 is 10.6 Å². The normalized spacial score (nSPS) is 15.8. The number of nitrogens with zero attached hydrogens (tertiary/aromatic N) is 4. The quantitative estimate of drug-likeness (QED) is 0.248. The van der Waals surface area contributed by atoms with E-state index in [1.165, 1.54) is 21.8 Å². The van der Waals surface area contributed by atoms with Crippen LogP contribution in [0.15, 0.2) is 70.6 Å². The summed E-state index contributed by atoms with van der Waals surface area (Å²) in [5.74, 6) is -1.76. The van der Waals surface area contributed by atoms with E-state index in [0.717, 1.165) is 22.3 Å². The molecule has 1 aliphatic heterocycles. The van der Waals surface area contributed by atoms with Gasteiger partial charge in [0, 0.05) is 35.0 Å². The predicted octanol–water partition coefficient (Wildman–Crippen LogP) is 5.79. The van der Waals surface area contributed by atoms with E-state index in [1.807, 2.05) is 64.1 Å². The standard InChI is InChI=1S/C31H31N5O4/c1-17-7-11-25(15-19(17)3)34-30(37)27(21(5)32-34)29(23-9-13-24(14-10-23)36(39)40)28-22(6)33-35(31(28)38)26-12-8-18(2)20(4)16-26/h7-16,27,29,33H,1-6H3. The van der Waals surface area contributed by atoms with Crippen molar-refractivity contribution < 1.29 is 9.72 Å². The minimum Gasteiger partial charge on any atom is -0.295 e. The molecular weight excluding hydrogens is 506 g/mol. The first-order chi connectivity index (χ1) is 19.0. The Morgan fingerprint density at radius 3 is 1.98 bits per heavy atom. The molecule has 0 aliphatic carbocycles. The number of rotatable bonds is 6. The summed E-state index contributed by atoms with van der Waals surface area (Å²) in [6.45, 7) is 11.6. The summed E-state index contributed by atoms with van der Waals surface area (Å²) in [6, 6.07) is 17.5. The molecule has 0 spiro atoms. The number of H-pyrrole nitrogens is 1. The first-order valence-corrected chi connectivity index (χ1v) is 13.1. The van der Waals surface area contributed by atoms with E-state index in [0.29, 0.717) is 33.9 Å². The number of aromatic nitrogens is 2. The highest BCUT2D eigenvalue weighted by molar-refractivity contribution is 6.15. The number of anilines is 1. The summed E-state index contributed by atoms with van der Waals surface area (Å²) in [5.41, 5.74) is 7.48. The van der Waals surface area contributed by atoms with Gasteiger partial charge in [0.2, 0.25) is 0 Å². The molecule has 4 aromatic rings. The number of aromatic amines is 1. The SMILES string of the molecule is CC1=NN(c2ccc(C)c(C)c2)C(=O)C1C(c1ccc([N+](=O)[O-])cc1)c1c(C)[nH]n(-c2ccc(C)c(C)c2)c1=O. The molecule has 2 atom stereocenters. The van der Waals surface area contributed by atoms with E-state index in [-0.39, 0.29) is 17.2 Å². The molecule has 0 saturated carbocycles. The number of nitro benzene ring substituents is 1. The van der Waals surface area contributed by atoms with Crippen molar-refractivity contribution in [3.63, 3.8) is 0 Å². The molecule has 9 heteroatoms. The molecule has 40 heavy (non-hydrogen) atoms. The fourth-order valence-corrected chi connectivity index (χ4v) is 5.31. The molecule has 1 aliphatic rings. The zero-order valence-corrected chi connectivity index (χ0v) is 23.4. The van der Waals surface area contributed by atoms with Gasteiger partial charge in [0.25, 0.3) is 17.2 Å². The van der Waals surface area contributed by atoms with Crippen molar-refractivity contribution in [1.82, 2.24) is 9.78 Å². The molecule has 1 amide bonds. The Morgan fingerprint density at radius 2 is 1.40 bits per heavy atom. The Morgan fingerprint density at radius 1 is 0.825 bits per heavy atom. The van der Waals surface area contributed by atoms with Crippen LogP contribution in [0.1, 0.15) is 51.9 Å². The van der Waals surface area contributed by atoms with Crippen LogP contribution in [-0.4, -0.2) is 26.3 Å². The third-order valence-corrected chi connectivity index (χ3v) is 7.89. The maximum atomic E-state index is 14.0. The van der Waals surface area contributed by atoms with Gasteiger partial charge in [0.05, 0.1) is 22.2 Å². The first kappa shape index (κ1) is 26.8. The van der Waals surface area contributed by atoms with Crippen molar-refractivity contribution in [1.29, 1.82) is 0 Å². The number of benzene rings is 3. The number of nitro groups is 1. The molecule has 0 bridgehead atoms. The molecule has 2 unspecified atom stereocenters. The van der Waals surface area contributed by atoms with Crippen LogP contribution in [0.3, 0.4) is 0 Å². The topological polar surface area (TPSA) is 114 Å². The van der Waals surface area contributed by atoms with E-state index in [1.54, 1.807) is 26.0 Å². The summed E-state index contributed by atoms with van der Waals surface area (Å²) in [7, 11) is 0. The predicted molar refractivity (Wildman–Crippen MR) is 156 cm³/mol. The van der Waals surface area contributed by atoms with Gasteiger partial charge < -0.3 is 0 Å². The lowest BCUT2D eigenvalue weighted by molar-refractivity contribution is -0.384. The molecule has 0 radical (unpaired) electrons. The minimum atomic E-state index is -0.779. The number of hydrogen-bond donors (Lipinski definition) is 1. The zero-order valence-electron chi connectivity index (χ0n) is 23.4. The second-order valence-electron chi connectivity index (χ2n) is 10.5. The number of hydrogen-bond acceptors (Lipinski definition) is 5. The second-order valence-corrected chi connectivity index (χ2v) is 10.5. The number of hydrazone groups is 1. The van der Waals surface area contributed by atoms with Gasteiger partial charge in [-0.2, -0.15) is 5.10 Å². The Labute approximate surface area is 231 Å². The van der Waals surface area contributed by atoms with E-state index in [9.17, 15) is 19.7 Å². The van der Waals surface area contributed by atoms with Crippen LogP contribution in [0.25, 0.3) is 5.69 Å². The third-order valence-electron chi connectivity index (χ3n) is 7.89. The molecule has 2 heterocycles. The molecule has 5 rings (SSSR count). The van der Waals surface area contributed by atoms with Crippen LogP contribution in [0.4, 0.5) is 11.4 Å². The molecule has 0 saturated heterocycles. The Balaban J connectivity index is 1.66. The number of aryl methyl sites for hydroxylation is 5. The van der Waals surface area contributed by atoms with Gasteiger partial charge in [-0.3, -0.25) is 24.8 Å². The van der Waals surface area contributed by atoms with Crippen molar-refractivity contribution in [2.75, 3.05) is 5.01 Å². The van der Waals surface area contributed by atoms with Gasteiger partial charge >= 0.3 is 0 Å². The molecular formula is C31H31N5O4. The number of nitrogens with one attached hydrogen (secondary N) is 1. The maximum Gasteiger partial charge on any atom is 0.275 e. The maximum absolute atomic E-state index is 14.0. The summed E-state index contributed by atoms with van der Waals surface area (Å²) in [6.07, 6.45) is 0. The minimum absolute atomic E-state index is 0.0688. The largest absolute Gasteiger partial charge is 0.295 e. The fraction of sp³-hybridized carbons (Fsp3) is 0.258. The Kier molecular flexibility index (Phi) is 6.75. The molecule has 3 aromatic carbocycles. The lowest BCUT2D eigenvalue weighted by Crippen LogP contribution is -2.34. The van der Waals surface area contributed by atoms with Crippen LogP contribution in [-0.2, 0) is 4.79 Å². The average molecular weight is 538 g/mol. The highest BCUT2D eigenvalue weighted by atomic mass is 16.6. The van der Waals surface area contributed by atoms with Crippen molar-refractivity contribution in [3.8, 4) is 5.69 Å². The molecule has 0 fully saturated rings. The van der Waals surface area contributed by atoms with E-state index >= 15 is 0 Å². The van der Waals surface area contributed by atoms with E-state index in [4.69, 9.17) is 0 Å². The van der Waals surface area contributed by atoms with Crippen molar-refractivity contribution in [3.05, 3.63) is 120 Å². The van der Waals surface area contributed by atoms with Gasteiger partial charge in [-0.1, -0.05) is 24.3 Å². The van der Waals surface area contributed by atoms with Crippen molar-refractivity contribution in [2.45, 2.75) is 47.5 Å². The smallest absolute Gasteiger partial charge is 0.275 e. The first-order valence-electron chi connectivity index (χ1n) is 13.1. The number of carbonyl (C=O) groups excluding carboxylic acids is 1. The number of carbonyl (C=O) groups is 1. The highest BCUT2D eigenvalue weighted by Gasteiger charge is 2.43. The monoisotopic (exact) mass is 537 g/mol. The summed E-state index contributed by atoms with van der Waals surface area (Å²) in [5, 5.41) is 20.6. The van der Waals surface area contributed by atoms with Crippen LogP contribution in [0.2, 0.25) is 0 Å². The zero-order chi connectivity index (χ0) is 28.9. The lowest BCUT2D eigenvalue weighted by Gasteiger charge is -2.23. The van der Waals surface area contributed by atoms with Gasteiger partial charge in [-0.05, 0) is 93.6 Å². The van der Waals surface area contributed by atoms with Gasteiger partial charge in [0.1, 0.15) is 0 Å². The van der Waals surface area contributed by atoms with E-state index in [2.05, 4.69) is 10.2 Å². The van der Waals surface area contributed by atoms with Crippen LogP contribution >= 0.6 is 0 Å². The van der Waals surface area contributed by atoms with Crippen molar-refractivity contribution in [2.24, 2.45) is 11.0 Å². The number of non-ortho nitro benzene ring substituents is 1. The summed E-state index contributed by atoms with van der Waals surface area (Å²) in [4.78, 5) is 39.0. The molecule has 1 N–H and O–H groups in total. The lowest BCUT2D eigenvalue weighted by atomic mass is 9.78. The van der Waals surface area contributed by atoms with Gasteiger partial charge in [-0.15, -0.1) is 0 Å². The third kappa shape index (κ3) is 4.53. The molecule has 9 nitrogen and oxygen atoms in total. The van der Waals surface area contributed by atoms with Crippen LogP contribution in [0, 0.1) is 50.7 Å². The fourth-order valence-electron chi connectivity index (χ4n) is 5.31. The number of amides is 1. The Hall–Kier alpha value is -4.79. The molecule has 1 aromatic heterocycles. The second kappa shape index (κ2) is 10.1. The molecule has 204 valence electrons. The van der Waals surface area contributed by atoms with Gasteiger partial charge in [0.15, 0.2) is 0 Å².